The van der Waals surface area contributed by atoms with Crippen LogP contribution in [-0.4, -0.2) is 45.1 Å². The van der Waals surface area contributed by atoms with E-state index in [1.54, 1.807) is 27.9 Å². The van der Waals surface area contributed by atoms with Gasteiger partial charge in [-0.15, -0.1) is 0 Å². The number of nitrogens with zero attached hydrogens (tertiary/aromatic N) is 5. The Labute approximate surface area is 168 Å². The van der Waals surface area contributed by atoms with E-state index in [0.29, 0.717) is 6.07 Å². The van der Waals surface area contributed by atoms with Gasteiger partial charge >= 0.3 is 6.18 Å². The summed E-state index contributed by atoms with van der Waals surface area (Å²) in [4.78, 5) is 22.1. The quantitative estimate of drug-likeness (QED) is 0.607. The average Bonchev–Trinajstić information content (AvgIpc) is 3.01. The van der Waals surface area contributed by atoms with Gasteiger partial charge in [-0.2, -0.15) is 28.0 Å². The van der Waals surface area contributed by atoms with E-state index in [9.17, 15) is 27.5 Å². The van der Waals surface area contributed by atoms with E-state index < -0.39 is 35.8 Å². The fraction of sp³-hybridized carbons (Fsp3) is 0.389. The van der Waals surface area contributed by atoms with Gasteiger partial charge in [-0.1, -0.05) is 0 Å². The summed E-state index contributed by atoms with van der Waals surface area (Å²) in [6.45, 7) is 2.75. The number of benzene rings is 1. The zero-order valence-electron chi connectivity index (χ0n) is 16.6. The Morgan fingerprint density at radius 2 is 1.93 bits per heavy atom. The number of alkyl halides is 3. The van der Waals surface area contributed by atoms with Crippen molar-refractivity contribution in [2.45, 2.75) is 32.7 Å². The Bertz CT molecular complexity index is 1140. The first-order valence-electron chi connectivity index (χ1n) is 8.92. The number of rotatable bonds is 5. The molecule has 0 aliphatic heterocycles. The molecule has 0 amide bonds. The summed E-state index contributed by atoms with van der Waals surface area (Å²) in [6, 6.07) is 1.66. The molecule has 8 nitrogen and oxygen atoms in total. The minimum atomic E-state index is -4.69. The number of fused-ring (bicyclic) bond motifs is 1. The SMILES string of the molecule is CC(C)N(c1ccc(C(F)(F)F)cc1F)n1nc(CO)c2c(=O)[nH]c(N(C)C)nc21. The number of halogens is 4. The topological polar surface area (TPSA) is 90.3 Å². The minimum absolute atomic E-state index is 0.000991. The monoisotopic (exact) mass is 428 g/mol. The summed E-state index contributed by atoms with van der Waals surface area (Å²) >= 11 is 0. The van der Waals surface area contributed by atoms with Crippen molar-refractivity contribution in [3.8, 4) is 0 Å². The smallest absolute Gasteiger partial charge is 0.390 e. The first-order chi connectivity index (χ1) is 14.0. The first-order valence-corrected chi connectivity index (χ1v) is 8.92. The summed E-state index contributed by atoms with van der Waals surface area (Å²) in [7, 11) is 3.29. The van der Waals surface area contributed by atoms with Crippen LogP contribution in [0.3, 0.4) is 0 Å². The van der Waals surface area contributed by atoms with Gasteiger partial charge in [0.1, 0.15) is 16.9 Å². The van der Waals surface area contributed by atoms with Crippen LogP contribution in [0.15, 0.2) is 23.0 Å². The average molecular weight is 428 g/mol. The second kappa shape index (κ2) is 7.59. The number of nitrogens with one attached hydrogen (secondary N) is 1. The molecule has 2 N–H and O–H groups in total. The van der Waals surface area contributed by atoms with Crippen LogP contribution in [0.4, 0.5) is 29.2 Å². The van der Waals surface area contributed by atoms with E-state index in [1.807, 2.05) is 0 Å². The molecule has 0 unspecified atom stereocenters. The summed E-state index contributed by atoms with van der Waals surface area (Å²) in [6.07, 6.45) is -4.69. The van der Waals surface area contributed by atoms with Gasteiger partial charge in [0.2, 0.25) is 5.95 Å². The van der Waals surface area contributed by atoms with Gasteiger partial charge in [0, 0.05) is 20.1 Å². The maximum Gasteiger partial charge on any atom is 0.416 e. The highest BCUT2D eigenvalue weighted by Gasteiger charge is 2.32. The number of aliphatic hydroxyl groups excluding tert-OH is 1. The van der Waals surface area contributed by atoms with E-state index in [0.717, 1.165) is 16.9 Å². The molecule has 12 heteroatoms. The molecule has 0 radical (unpaired) electrons. The van der Waals surface area contributed by atoms with Gasteiger partial charge in [-0.25, -0.2) is 4.39 Å². The van der Waals surface area contributed by atoms with Crippen LogP contribution in [0.5, 0.6) is 0 Å². The molecule has 2 aromatic heterocycles. The second-order valence-corrected chi connectivity index (χ2v) is 7.08. The summed E-state index contributed by atoms with van der Waals surface area (Å²) in [5.74, 6) is -0.930. The van der Waals surface area contributed by atoms with E-state index in [1.165, 1.54) is 9.91 Å². The molecule has 0 spiro atoms. The molecule has 1 aromatic carbocycles. The third-order valence-corrected chi connectivity index (χ3v) is 4.37. The van der Waals surface area contributed by atoms with Crippen molar-refractivity contribution in [1.29, 1.82) is 0 Å². The fourth-order valence-electron chi connectivity index (χ4n) is 3.01. The van der Waals surface area contributed by atoms with Crippen LogP contribution in [0.1, 0.15) is 25.1 Å². The predicted octanol–water partition coefficient (Wildman–Crippen LogP) is 2.51. The lowest BCUT2D eigenvalue weighted by atomic mass is 10.1. The lowest BCUT2D eigenvalue weighted by Crippen LogP contribution is -2.38. The normalized spacial score (nSPS) is 12.1. The fourth-order valence-corrected chi connectivity index (χ4v) is 3.01. The third-order valence-electron chi connectivity index (χ3n) is 4.37. The molecule has 30 heavy (non-hydrogen) atoms. The molecule has 0 fully saturated rings. The molecule has 0 atom stereocenters. The Kier molecular flexibility index (Phi) is 5.46. The highest BCUT2D eigenvalue weighted by atomic mass is 19.4. The van der Waals surface area contributed by atoms with Gasteiger partial charge in [-0.3, -0.25) is 14.8 Å². The van der Waals surface area contributed by atoms with E-state index in [2.05, 4.69) is 15.1 Å². The van der Waals surface area contributed by atoms with Crippen molar-refractivity contribution < 1.29 is 22.7 Å². The summed E-state index contributed by atoms with van der Waals surface area (Å²) in [5, 5.41) is 15.1. The minimum Gasteiger partial charge on any atom is -0.390 e. The van der Waals surface area contributed by atoms with Crippen LogP contribution in [0, 0.1) is 5.82 Å². The van der Waals surface area contributed by atoms with Gasteiger partial charge in [-0.05, 0) is 32.0 Å². The third kappa shape index (κ3) is 3.70. The van der Waals surface area contributed by atoms with Crippen molar-refractivity contribution in [2.24, 2.45) is 0 Å². The molecule has 0 saturated heterocycles. The molecular weight excluding hydrogens is 408 g/mol. The maximum absolute atomic E-state index is 14.7. The lowest BCUT2D eigenvalue weighted by molar-refractivity contribution is -0.137. The van der Waals surface area contributed by atoms with Crippen LogP contribution in [0.2, 0.25) is 0 Å². The predicted molar refractivity (Wildman–Crippen MR) is 103 cm³/mol. The Morgan fingerprint density at radius 3 is 2.43 bits per heavy atom. The van der Waals surface area contributed by atoms with E-state index in [4.69, 9.17) is 0 Å². The van der Waals surface area contributed by atoms with E-state index >= 15 is 0 Å². The van der Waals surface area contributed by atoms with Crippen LogP contribution in [0.25, 0.3) is 11.0 Å². The second-order valence-electron chi connectivity index (χ2n) is 7.08. The van der Waals surface area contributed by atoms with Crippen LogP contribution in [-0.2, 0) is 12.8 Å². The van der Waals surface area contributed by atoms with Crippen molar-refractivity contribution >= 4 is 22.7 Å². The number of aromatic amines is 1. The molecular formula is C18H20F4N6O2. The Hall–Kier alpha value is -3.15. The number of aromatic nitrogens is 4. The van der Waals surface area contributed by atoms with E-state index in [-0.39, 0.29) is 28.4 Å². The van der Waals surface area contributed by atoms with Crippen LogP contribution < -0.4 is 15.5 Å². The molecule has 162 valence electrons. The zero-order chi connectivity index (χ0) is 22.4. The zero-order valence-corrected chi connectivity index (χ0v) is 16.6. The van der Waals surface area contributed by atoms with Gasteiger partial charge in [0.25, 0.3) is 5.56 Å². The van der Waals surface area contributed by atoms with Crippen LogP contribution >= 0.6 is 0 Å². The molecule has 3 rings (SSSR count). The highest BCUT2D eigenvalue weighted by Crippen LogP contribution is 2.33. The molecule has 0 aliphatic carbocycles. The van der Waals surface area contributed by atoms with Crippen molar-refractivity contribution in [3.63, 3.8) is 0 Å². The highest BCUT2D eigenvalue weighted by molar-refractivity contribution is 5.79. The number of H-pyrrole nitrogens is 1. The summed E-state index contributed by atoms with van der Waals surface area (Å²) in [5.41, 5.74) is -1.85. The number of hydrogen-bond acceptors (Lipinski definition) is 6. The summed E-state index contributed by atoms with van der Waals surface area (Å²) < 4.78 is 53.5. The molecule has 0 bridgehead atoms. The van der Waals surface area contributed by atoms with Gasteiger partial charge in [0.05, 0.1) is 17.9 Å². The van der Waals surface area contributed by atoms with Gasteiger partial charge < -0.3 is 10.0 Å². The Morgan fingerprint density at radius 1 is 1.27 bits per heavy atom. The molecule has 2 heterocycles. The lowest BCUT2D eigenvalue weighted by Gasteiger charge is -2.29. The largest absolute Gasteiger partial charge is 0.416 e. The van der Waals surface area contributed by atoms with Crippen molar-refractivity contribution in [3.05, 3.63) is 45.6 Å². The standard InChI is InChI=1S/C18H20F4N6O2/c1-9(2)27(13-6-5-10(7-11(13)19)18(20,21)22)28-15-14(12(8-29)25-28)16(30)24-17(23-15)26(3)4/h5-7,9,29H,8H2,1-4H3,(H,23,24,30). The van der Waals surface area contributed by atoms with Crippen molar-refractivity contribution in [1.82, 2.24) is 19.9 Å². The molecule has 0 aliphatic rings. The number of aliphatic hydroxyl groups is 1. The maximum atomic E-state index is 14.7. The van der Waals surface area contributed by atoms with Crippen molar-refractivity contribution in [2.75, 3.05) is 24.0 Å². The molecule has 3 aromatic rings. The number of anilines is 2. The Balaban J connectivity index is 2.29. The van der Waals surface area contributed by atoms with Gasteiger partial charge in [0.15, 0.2) is 5.65 Å². The first kappa shape index (κ1) is 21.6. The molecule has 0 saturated carbocycles. The number of hydrogen-bond donors (Lipinski definition) is 2.